The molecule has 24 heavy (non-hydrogen) atoms. The first-order valence-corrected chi connectivity index (χ1v) is 7.66. The number of hydrogen-bond acceptors (Lipinski definition) is 3. The summed E-state index contributed by atoms with van der Waals surface area (Å²) in [7, 11) is 1.62. The first-order valence-electron chi connectivity index (χ1n) is 7.66. The maximum absolute atomic E-state index is 12.9. The summed E-state index contributed by atoms with van der Waals surface area (Å²) in [6.07, 6.45) is 2.10. The Bertz CT molecular complexity index is 738. The summed E-state index contributed by atoms with van der Waals surface area (Å²) in [5.41, 5.74) is 1.92. The molecule has 0 spiro atoms. The first kappa shape index (κ1) is 16.1. The summed E-state index contributed by atoms with van der Waals surface area (Å²) in [5.74, 6) is 0.938. The van der Waals surface area contributed by atoms with Gasteiger partial charge in [-0.1, -0.05) is 24.3 Å². The van der Waals surface area contributed by atoms with Gasteiger partial charge >= 0.3 is 0 Å². The van der Waals surface area contributed by atoms with Crippen molar-refractivity contribution in [3.05, 3.63) is 77.3 Å². The van der Waals surface area contributed by atoms with Gasteiger partial charge in [0.25, 0.3) is 0 Å². The number of carbonyl (C=O) groups excluding carboxylic acids is 1. The number of nitrogens with one attached hydrogen (secondary N) is 1. The SMILES string of the molecule is COc1ccc(C[C@@H]2NC(=O)C=C2OCc2ccc(F)cc2)cc1. The summed E-state index contributed by atoms with van der Waals surface area (Å²) < 4.78 is 23.8. The van der Waals surface area contributed by atoms with E-state index in [9.17, 15) is 9.18 Å². The van der Waals surface area contributed by atoms with Crippen LogP contribution < -0.4 is 10.1 Å². The lowest BCUT2D eigenvalue weighted by molar-refractivity contribution is -0.116. The maximum atomic E-state index is 12.9. The topological polar surface area (TPSA) is 47.6 Å². The number of methoxy groups -OCH3 is 1. The van der Waals surface area contributed by atoms with Gasteiger partial charge in [-0.05, 0) is 41.8 Å². The Morgan fingerprint density at radius 1 is 1.04 bits per heavy atom. The van der Waals surface area contributed by atoms with Gasteiger partial charge in [0.15, 0.2) is 0 Å². The molecule has 124 valence electrons. The summed E-state index contributed by atoms with van der Waals surface area (Å²) >= 11 is 0. The Kier molecular flexibility index (Phi) is 4.79. The summed E-state index contributed by atoms with van der Waals surface area (Å²) in [6, 6.07) is 13.6. The molecular weight excluding hydrogens is 309 g/mol. The molecule has 1 aliphatic heterocycles. The third-order valence-electron chi connectivity index (χ3n) is 3.85. The van der Waals surface area contributed by atoms with Crippen molar-refractivity contribution in [2.24, 2.45) is 0 Å². The van der Waals surface area contributed by atoms with Crippen LogP contribution in [0, 0.1) is 5.82 Å². The predicted octanol–water partition coefficient (Wildman–Crippen LogP) is 2.98. The fraction of sp³-hybridized carbons (Fsp3) is 0.211. The zero-order valence-electron chi connectivity index (χ0n) is 13.3. The number of amides is 1. The normalized spacial score (nSPS) is 16.5. The highest BCUT2D eigenvalue weighted by molar-refractivity contribution is 5.91. The minimum absolute atomic E-state index is 0.164. The van der Waals surface area contributed by atoms with Crippen LogP contribution in [0.25, 0.3) is 0 Å². The van der Waals surface area contributed by atoms with E-state index in [1.807, 2.05) is 24.3 Å². The van der Waals surface area contributed by atoms with Crippen molar-refractivity contribution in [2.75, 3.05) is 7.11 Å². The monoisotopic (exact) mass is 327 g/mol. The van der Waals surface area contributed by atoms with Gasteiger partial charge in [-0.25, -0.2) is 4.39 Å². The molecule has 1 N–H and O–H groups in total. The molecule has 0 bridgehead atoms. The van der Waals surface area contributed by atoms with Crippen molar-refractivity contribution in [3.8, 4) is 5.75 Å². The van der Waals surface area contributed by atoms with E-state index in [0.717, 1.165) is 16.9 Å². The molecule has 4 nitrogen and oxygen atoms in total. The number of benzene rings is 2. The number of rotatable bonds is 6. The molecule has 0 unspecified atom stereocenters. The average molecular weight is 327 g/mol. The molecule has 2 aromatic rings. The lowest BCUT2D eigenvalue weighted by Crippen LogP contribution is -2.31. The second-order valence-electron chi connectivity index (χ2n) is 5.58. The molecule has 1 aliphatic rings. The van der Waals surface area contributed by atoms with E-state index in [2.05, 4.69) is 5.32 Å². The van der Waals surface area contributed by atoms with Gasteiger partial charge < -0.3 is 14.8 Å². The molecule has 0 fully saturated rings. The molecule has 0 aliphatic carbocycles. The zero-order valence-corrected chi connectivity index (χ0v) is 13.3. The van der Waals surface area contributed by atoms with Crippen LogP contribution in [0.15, 0.2) is 60.4 Å². The van der Waals surface area contributed by atoms with Crippen molar-refractivity contribution < 1.29 is 18.7 Å². The van der Waals surface area contributed by atoms with E-state index in [1.165, 1.54) is 18.2 Å². The molecule has 1 heterocycles. The fourth-order valence-corrected chi connectivity index (χ4v) is 2.55. The molecule has 5 heteroatoms. The third-order valence-corrected chi connectivity index (χ3v) is 3.85. The van der Waals surface area contributed by atoms with Crippen LogP contribution in [-0.2, 0) is 22.6 Å². The van der Waals surface area contributed by atoms with Crippen molar-refractivity contribution in [1.29, 1.82) is 0 Å². The minimum Gasteiger partial charge on any atom is -0.497 e. The molecular formula is C19H18FNO3. The van der Waals surface area contributed by atoms with Crippen LogP contribution in [0.1, 0.15) is 11.1 Å². The average Bonchev–Trinajstić information content (AvgIpc) is 2.94. The quantitative estimate of drug-likeness (QED) is 0.887. The maximum Gasteiger partial charge on any atom is 0.248 e. The number of ether oxygens (including phenoxy) is 2. The standard InChI is InChI=1S/C19H18FNO3/c1-23-16-8-4-13(5-9-16)10-17-18(11-19(22)21-17)24-12-14-2-6-15(20)7-3-14/h2-9,11,17H,10,12H2,1H3,(H,21,22)/t17-/m0/s1. The van der Waals surface area contributed by atoms with Gasteiger partial charge in [0.05, 0.1) is 13.2 Å². The van der Waals surface area contributed by atoms with Gasteiger partial charge in [0.1, 0.15) is 23.9 Å². The van der Waals surface area contributed by atoms with Crippen molar-refractivity contribution >= 4 is 5.91 Å². The van der Waals surface area contributed by atoms with Crippen LogP contribution in [-0.4, -0.2) is 19.1 Å². The molecule has 0 aromatic heterocycles. The van der Waals surface area contributed by atoms with Crippen LogP contribution >= 0.6 is 0 Å². The summed E-state index contributed by atoms with van der Waals surface area (Å²) in [5, 5.41) is 2.88. The Labute approximate surface area is 139 Å². The largest absolute Gasteiger partial charge is 0.497 e. The van der Waals surface area contributed by atoms with Crippen LogP contribution in [0.5, 0.6) is 5.75 Å². The van der Waals surface area contributed by atoms with Crippen molar-refractivity contribution in [3.63, 3.8) is 0 Å². The highest BCUT2D eigenvalue weighted by atomic mass is 19.1. The lowest BCUT2D eigenvalue weighted by atomic mass is 10.1. The van der Waals surface area contributed by atoms with E-state index < -0.39 is 0 Å². The molecule has 0 radical (unpaired) electrons. The number of halogens is 1. The molecule has 0 saturated carbocycles. The highest BCUT2D eigenvalue weighted by Gasteiger charge is 2.25. The highest BCUT2D eigenvalue weighted by Crippen LogP contribution is 2.20. The fourth-order valence-electron chi connectivity index (χ4n) is 2.55. The Morgan fingerprint density at radius 2 is 1.71 bits per heavy atom. The Hall–Kier alpha value is -2.82. The second kappa shape index (κ2) is 7.17. The Balaban J connectivity index is 1.63. The van der Waals surface area contributed by atoms with Crippen molar-refractivity contribution in [1.82, 2.24) is 5.32 Å². The molecule has 3 rings (SSSR count). The van der Waals surface area contributed by atoms with Gasteiger partial charge in [-0.15, -0.1) is 0 Å². The van der Waals surface area contributed by atoms with Crippen LogP contribution in [0.3, 0.4) is 0 Å². The predicted molar refractivity (Wildman–Crippen MR) is 87.9 cm³/mol. The number of carbonyl (C=O) groups is 1. The van der Waals surface area contributed by atoms with E-state index >= 15 is 0 Å². The first-order chi connectivity index (χ1) is 11.6. The van der Waals surface area contributed by atoms with Gasteiger partial charge in [0.2, 0.25) is 5.91 Å². The lowest BCUT2D eigenvalue weighted by Gasteiger charge is -2.16. The third kappa shape index (κ3) is 3.93. The smallest absolute Gasteiger partial charge is 0.248 e. The van der Waals surface area contributed by atoms with E-state index in [1.54, 1.807) is 19.2 Å². The van der Waals surface area contributed by atoms with Crippen LogP contribution in [0.2, 0.25) is 0 Å². The molecule has 2 aromatic carbocycles. The van der Waals surface area contributed by atoms with Crippen LogP contribution in [0.4, 0.5) is 4.39 Å². The zero-order chi connectivity index (χ0) is 16.9. The summed E-state index contributed by atoms with van der Waals surface area (Å²) in [6.45, 7) is 0.292. The summed E-state index contributed by atoms with van der Waals surface area (Å²) in [4.78, 5) is 11.7. The molecule has 0 saturated heterocycles. The number of hydrogen-bond donors (Lipinski definition) is 1. The molecule has 1 amide bonds. The Morgan fingerprint density at radius 3 is 2.38 bits per heavy atom. The van der Waals surface area contributed by atoms with E-state index in [4.69, 9.17) is 9.47 Å². The van der Waals surface area contributed by atoms with E-state index in [-0.39, 0.29) is 17.8 Å². The minimum atomic E-state index is -0.284. The second-order valence-corrected chi connectivity index (χ2v) is 5.58. The van der Waals surface area contributed by atoms with Gasteiger partial charge in [-0.2, -0.15) is 0 Å². The van der Waals surface area contributed by atoms with Gasteiger partial charge in [0, 0.05) is 6.08 Å². The molecule has 1 atom stereocenters. The van der Waals surface area contributed by atoms with Gasteiger partial charge in [-0.3, -0.25) is 4.79 Å². The van der Waals surface area contributed by atoms with E-state index in [0.29, 0.717) is 18.8 Å². The van der Waals surface area contributed by atoms with Crippen molar-refractivity contribution in [2.45, 2.75) is 19.1 Å².